The summed E-state index contributed by atoms with van der Waals surface area (Å²) in [4.78, 5) is 33.0. The fourth-order valence-corrected chi connectivity index (χ4v) is 4.77. The Balaban J connectivity index is 1.53. The molecule has 0 bridgehead atoms. The predicted molar refractivity (Wildman–Crippen MR) is 150 cm³/mol. The van der Waals surface area contributed by atoms with Gasteiger partial charge in [0.2, 0.25) is 5.91 Å². The smallest absolute Gasteiger partial charge is 0.269 e. The molecule has 0 aliphatic carbocycles. The Morgan fingerprint density at radius 1 is 1.02 bits per heavy atom. The number of nitrogens with zero attached hydrogens (tertiary/aromatic N) is 5. The summed E-state index contributed by atoms with van der Waals surface area (Å²) < 4.78 is 18.1. The van der Waals surface area contributed by atoms with Crippen molar-refractivity contribution in [3.05, 3.63) is 70.8 Å². The van der Waals surface area contributed by atoms with Crippen molar-refractivity contribution >= 4 is 45.6 Å². The Bertz CT molecular complexity index is 1720. The molecule has 12 nitrogen and oxygen atoms in total. The molecule has 0 aliphatic heterocycles. The molecule has 3 aromatic carbocycles. The van der Waals surface area contributed by atoms with Crippen molar-refractivity contribution in [1.82, 2.24) is 19.6 Å². The number of hydrogen-bond donors (Lipinski definition) is 1. The van der Waals surface area contributed by atoms with Gasteiger partial charge < -0.3 is 19.5 Å². The molecule has 0 fully saturated rings. The Labute approximate surface area is 232 Å². The highest BCUT2D eigenvalue weighted by Gasteiger charge is 2.19. The number of anilines is 1. The van der Waals surface area contributed by atoms with Crippen LogP contribution in [0, 0.1) is 10.1 Å². The van der Waals surface area contributed by atoms with Gasteiger partial charge in [-0.3, -0.25) is 14.9 Å². The monoisotopic (exact) mass is 560 g/mol. The van der Waals surface area contributed by atoms with Crippen molar-refractivity contribution in [2.24, 2.45) is 0 Å². The van der Waals surface area contributed by atoms with Crippen LogP contribution in [0.2, 0.25) is 0 Å². The Hall–Kier alpha value is -4.91. The number of amides is 1. The molecular formula is C27H24N6O6S. The lowest BCUT2D eigenvalue weighted by Crippen LogP contribution is -2.15. The highest BCUT2D eigenvalue weighted by Crippen LogP contribution is 2.35. The standard InChI is InChI=1S/C27H24N6O6S/c1-4-39-21-8-6-5-7-19(21)28-24(34)15-40-27-29-20-14-23(38-3)22(37-2)13-18(20)26-30-25(31-32(26)27)16-9-11-17(12-10-16)33(35)36/h5-14H,4,15H2,1-3H3,(H,28,34). The van der Waals surface area contributed by atoms with Crippen molar-refractivity contribution in [2.75, 3.05) is 31.9 Å². The number of ether oxygens (including phenoxy) is 3. The van der Waals surface area contributed by atoms with Gasteiger partial charge in [-0.2, -0.15) is 4.52 Å². The van der Waals surface area contributed by atoms with Crippen molar-refractivity contribution in [2.45, 2.75) is 12.1 Å². The highest BCUT2D eigenvalue weighted by molar-refractivity contribution is 7.99. The first-order valence-electron chi connectivity index (χ1n) is 12.1. The van der Waals surface area contributed by atoms with Crippen LogP contribution in [-0.2, 0) is 4.79 Å². The van der Waals surface area contributed by atoms with E-state index in [1.807, 2.05) is 19.1 Å². The first-order valence-corrected chi connectivity index (χ1v) is 13.1. The number of carbonyl (C=O) groups excluding carboxylic acids is 1. The predicted octanol–water partition coefficient (Wildman–Crippen LogP) is 5.00. The minimum atomic E-state index is -0.468. The van der Waals surface area contributed by atoms with Crippen LogP contribution in [-0.4, -0.2) is 57.0 Å². The van der Waals surface area contributed by atoms with Crippen molar-refractivity contribution in [3.8, 4) is 28.6 Å². The number of thioether (sulfide) groups is 1. The number of rotatable bonds is 10. The lowest BCUT2D eigenvalue weighted by atomic mass is 10.2. The summed E-state index contributed by atoms with van der Waals surface area (Å²) in [5.41, 5.74) is 2.17. The largest absolute Gasteiger partial charge is 0.493 e. The number of nitro benzene ring substituents is 1. The van der Waals surface area contributed by atoms with E-state index in [1.165, 1.54) is 38.1 Å². The summed E-state index contributed by atoms with van der Waals surface area (Å²) in [6.07, 6.45) is 0. The number of aromatic nitrogens is 4. The van der Waals surface area contributed by atoms with E-state index in [1.54, 1.807) is 40.9 Å². The van der Waals surface area contributed by atoms with Crippen LogP contribution in [0.15, 0.2) is 65.8 Å². The van der Waals surface area contributed by atoms with Crippen LogP contribution in [0.25, 0.3) is 27.9 Å². The highest BCUT2D eigenvalue weighted by atomic mass is 32.2. The first-order chi connectivity index (χ1) is 19.4. The zero-order valence-electron chi connectivity index (χ0n) is 21.8. The lowest BCUT2D eigenvalue weighted by molar-refractivity contribution is -0.384. The van der Waals surface area contributed by atoms with Crippen LogP contribution in [0.4, 0.5) is 11.4 Å². The number of methoxy groups -OCH3 is 2. The Kier molecular flexibility index (Phi) is 7.64. The molecule has 5 rings (SSSR count). The number of benzene rings is 3. The summed E-state index contributed by atoms with van der Waals surface area (Å²) in [5, 5.41) is 19.7. The molecule has 0 radical (unpaired) electrons. The molecule has 2 aromatic heterocycles. The zero-order valence-corrected chi connectivity index (χ0v) is 22.6. The summed E-state index contributed by atoms with van der Waals surface area (Å²) in [5.74, 6) is 1.69. The summed E-state index contributed by atoms with van der Waals surface area (Å²) >= 11 is 1.18. The average Bonchev–Trinajstić information content (AvgIpc) is 3.42. The normalized spacial score (nSPS) is 11.0. The molecule has 0 unspecified atom stereocenters. The van der Waals surface area contributed by atoms with Gasteiger partial charge in [0.25, 0.3) is 5.69 Å². The topological polar surface area (TPSA) is 143 Å². The first kappa shape index (κ1) is 26.7. The molecule has 13 heteroatoms. The van der Waals surface area contributed by atoms with Crippen LogP contribution in [0.5, 0.6) is 17.2 Å². The molecule has 0 saturated carbocycles. The van der Waals surface area contributed by atoms with Crippen molar-refractivity contribution in [3.63, 3.8) is 0 Å². The maximum atomic E-state index is 12.9. The van der Waals surface area contributed by atoms with E-state index in [-0.39, 0.29) is 17.3 Å². The van der Waals surface area contributed by atoms with E-state index in [9.17, 15) is 14.9 Å². The fourth-order valence-electron chi connectivity index (χ4n) is 4.03. The van der Waals surface area contributed by atoms with Crippen molar-refractivity contribution in [1.29, 1.82) is 0 Å². The molecule has 5 aromatic rings. The number of non-ortho nitro benzene ring substituents is 1. The third-order valence-corrected chi connectivity index (χ3v) is 6.81. The minimum Gasteiger partial charge on any atom is -0.493 e. The number of para-hydroxylation sites is 2. The average molecular weight is 561 g/mol. The number of nitro groups is 1. The van der Waals surface area contributed by atoms with E-state index >= 15 is 0 Å². The van der Waals surface area contributed by atoms with Gasteiger partial charge in [-0.1, -0.05) is 23.9 Å². The molecule has 1 amide bonds. The molecule has 1 N–H and O–H groups in total. The number of carbonyl (C=O) groups is 1. The fraction of sp³-hybridized carbons (Fsp3) is 0.185. The van der Waals surface area contributed by atoms with Gasteiger partial charge in [0.15, 0.2) is 28.1 Å². The summed E-state index contributed by atoms with van der Waals surface area (Å²) in [7, 11) is 3.07. The van der Waals surface area contributed by atoms with Gasteiger partial charge in [-0.15, -0.1) is 5.10 Å². The maximum Gasteiger partial charge on any atom is 0.269 e. The molecule has 0 atom stereocenters. The minimum absolute atomic E-state index is 0.0358. The van der Waals surface area contributed by atoms with E-state index in [2.05, 4.69) is 10.4 Å². The van der Waals surface area contributed by atoms with E-state index in [4.69, 9.17) is 24.2 Å². The van der Waals surface area contributed by atoms with Crippen LogP contribution in [0.1, 0.15) is 6.92 Å². The Morgan fingerprint density at radius 3 is 2.45 bits per heavy atom. The van der Waals surface area contributed by atoms with Crippen LogP contribution >= 0.6 is 11.8 Å². The Morgan fingerprint density at radius 2 is 1.75 bits per heavy atom. The van der Waals surface area contributed by atoms with E-state index in [0.717, 1.165) is 0 Å². The zero-order chi connectivity index (χ0) is 28.2. The summed E-state index contributed by atoms with van der Waals surface area (Å²) in [6.45, 7) is 2.34. The van der Waals surface area contributed by atoms with Gasteiger partial charge in [0, 0.05) is 29.1 Å². The number of fused-ring (bicyclic) bond motifs is 3. The molecular weight excluding hydrogens is 536 g/mol. The molecule has 40 heavy (non-hydrogen) atoms. The quantitative estimate of drug-likeness (QED) is 0.107. The third kappa shape index (κ3) is 5.31. The van der Waals surface area contributed by atoms with Crippen molar-refractivity contribution < 1.29 is 23.9 Å². The maximum absolute atomic E-state index is 12.9. The second-order valence-electron chi connectivity index (χ2n) is 8.36. The molecule has 0 spiro atoms. The lowest BCUT2D eigenvalue weighted by Gasteiger charge is -2.12. The van der Waals surface area contributed by atoms with Gasteiger partial charge in [-0.05, 0) is 37.3 Å². The van der Waals surface area contributed by atoms with Gasteiger partial charge in [-0.25, -0.2) is 9.97 Å². The second kappa shape index (κ2) is 11.5. The molecule has 0 saturated heterocycles. The van der Waals surface area contributed by atoms with Gasteiger partial charge in [0.1, 0.15) is 5.75 Å². The second-order valence-corrected chi connectivity index (χ2v) is 9.30. The SMILES string of the molecule is CCOc1ccccc1NC(=O)CSc1nc2cc(OC)c(OC)cc2c2nc(-c3ccc([N+](=O)[O-])cc3)nn12. The van der Waals surface area contributed by atoms with Gasteiger partial charge in [0.05, 0.1) is 42.7 Å². The van der Waals surface area contributed by atoms with Crippen LogP contribution in [0.3, 0.4) is 0 Å². The number of nitrogens with one attached hydrogen (secondary N) is 1. The van der Waals surface area contributed by atoms with Crippen LogP contribution < -0.4 is 19.5 Å². The molecule has 0 aliphatic rings. The number of hydrogen-bond acceptors (Lipinski definition) is 10. The third-order valence-electron chi connectivity index (χ3n) is 5.88. The van der Waals surface area contributed by atoms with Gasteiger partial charge >= 0.3 is 0 Å². The van der Waals surface area contributed by atoms with E-state index < -0.39 is 4.92 Å². The van der Waals surface area contributed by atoms with E-state index in [0.29, 0.717) is 62.6 Å². The molecule has 204 valence electrons. The summed E-state index contributed by atoms with van der Waals surface area (Å²) in [6, 6.07) is 16.7. The molecule has 2 heterocycles.